The van der Waals surface area contributed by atoms with E-state index in [4.69, 9.17) is 14.2 Å². The number of benzene rings is 3. The fraction of sp³-hybridized carbons (Fsp3) is 0.333. The normalized spacial score (nSPS) is 23.2. The predicted molar refractivity (Wildman–Crippen MR) is 124 cm³/mol. The van der Waals surface area contributed by atoms with Gasteiger partial charge in [0, 0.05) is 6.42 Å². The zero-order chi connectivity index (χ0) is 22.0. The zero-order valence-corrected chi connectivity index (χ0v) is 18.2. The van der Waals surface area contributed by atoms with E-state index in [1.165, 1.54) is 0 Å². The quantitative estimate of drug-likeness (QED) is 0.505. The van der Waals surface area contributed by atoms with Crippen LogP contribution in [0, 0.1) is 0 Å². The van der Waals surface area contributed by atoms with Crippen LogP contribution in [0.25, 0.3) is 0 Å². The highest BCUT2D eigenvalue weighted by atomic mass is 16.5. The van der Waals surface area contributed by atoms with Gasteiger partial charge in [-0.1, -0.05) is 91.0 Å². The first-order valence-corrected chi connectivity index (χ1v) is 11.1. The molecule has 2 unspecified atom stereocenters. The van der Waals surface area contributed by atoms with Crippen molar-refractivity contribution in [2.45, 2.75) is 50.7 Å². The first-order valence-electron chi connectivity index (χ1n) is 11.1. The molecule has 3 aromatic rings. The van der Waals surface area contributed by atoms with E-state index >= 15 is 0 Å². The average Bonchev–Trinajstić information content (AvgIpc) is 2.84. The van der Waals surface area contributed by atoms with E-state index in [2.05, 4.69) is 5.32 Å². The summed E-state index contributed by atoms with van der Waals surface area (Å²) in [6, 6.07) is 30.1. The van der Waals surface area contributed by atoms with E-state index in [1.807, 2.05) is 91.0 Å². The molecule has 2 N–H and O–H groups in total. The van der Waals surface area contributed by atoms with Crippen LogP contribution >= 0.6 is 0 Å². The fourth-order valence-corrected chi connectivity index (χ4v) is 3.97. The Morgan fingerprint density at radius 1 is 0.688 bits per heavy atom. The molecule has 5 heteroatoms. The van der Waals surface area contributed by atoms with Crippen molar-refractivity contribution in [3.8, 4) is 0 Å². The van der Waals surface area contributed by atoms with Crippen LogP contribution in [0.2, 0.25) is 0 Å². The van der Waals surface area contributed by atoms with Gasteiger partial charge in [-0.15, -0.1) is 0 Å². The highest BCUT2D eigenvalue weighted by molar-refractivity contribution is 5.15. The smallest absolute Gasteiger partial charge is 0.107 e. The van der Waals surface area contributed by atoms with Crippen molar-refractivity contribution >= 4 is 0 Å². The summed E-state index contributed by atoms with van der Waals surface area (Å²) in [7, 11) is 0. The van der Waals surface area contributed by atoms with Crippen molar-refractivity contribution < 1.29 is 19.3 Å². The summed E-state index contributed by atoms with van der Waals surface area (Å²) in [5.74, 6) is 0. The Balaban J connectivity index is 1.42. The van der Waals surface area contributed by atoms with E-state index in [-0.39, 0.29) is 18.2 Å². The van der Waals surface area contributed by atoms with E-state index < -0.39 is 6.23 Å². The molecule has 168 valence electrons. The predicted octanol–water partition coefficient (Wildman–Crippen LogP) is 4.05. The minimum atomic E-state index is -0.669. The highest BCUT2D eigenvalue weighted by Crippen LogP contribution is 2.23. The maximum Gasteiger partial charge on any atom is 0.107 e. The topological polar surface area (TPSA) is 60.0 Å². The monoisotopic (exact) mass is 433 g/mol. The van der Waals surface area contributed by atoms with Crippen LogP contribution in [-0.2, 0) is 34.0 Å². The molecule has 5 nitrogen and oxygen atoms in total. The molecule has 1 fully saturated rings. The third-order valence-electron chi connectivity index (χ3n) is 5.63. The summed E-state index contributed by atoms with van der Waals surface area (Å²) in [6.07, 6.45) is -0.710. The molecule has 0 bridgehead atoms. The van der Waals surface area contributed by atoms with Crippen LogP contribution in [0.15, 0.2) is 91.0 Å². The van der Waals surface area contributed by atoms with Crippen molar-refractivity contribution in [2.24, 2.45) is 0 Å². The van der Waals surface area contributed by atoms with Gasteiger partial charge in [-0.2, -0.15) is 0 Å². The number of hydrogen-bond donors (Lipinski definition) is 2. The summed E-state index contributed by atoms with van der Waals surface area (Å²) >= 11 is 0. The van der Waals surface area contributed by atoms with Crippen LogP contribution in [0.1, 0.15) is 23.1 Å². The molecule has 0 amide bonds. The Labute approximate surface area is 190 Å². The summed E-state index contributed by atoms with van der Waals surface area (Å²) in [5.41, 5.74) is 3.31. The maximum absolute atomic E-state index is 10.5. The molecule has 4 atom stereocenters. The van der Waals surface area contributed by atoms with Gasteiger partial charge in [0.25, 0.3) is 0 Å². The van der Waals surface area contributed by atoms with Crippen LogP contribution in [0.4, 0.5) is 0 Å². The van der Waals surface area contributed by atoms with Crippen molar-refractivity contribution in [3.63, 3.8) is 0 Å². The molecule has 0 aliphatic carbocycles. The van der Waals surface area contributed by atoms with Crippen molar-refractivity contribution in [1.29, 1.82) is 0 Å². The van der Waals surface area contributed by atoms with Gasteiger partial charge in [-0.05, 0) is 16.7 Å². The maximum atomic E-state index is 10.5. The number of nitrogens with one attached hydrogen (secondary N) is 1. The molecule has 0 spiro atoms. The van der Waals surface area contributed by atoms with Gasteiger partial charge >= 0.3 is 0 Å². The van der Waals surface area contributed by atoms with Crippen LogP contribution in [-0.4, -0.2) is 36.2 Å². The number of rotatable bonds is 10. The van der Waals surface area contributed by atoms with E-state index in [0.29, 0.717) is 32.8 Å². The van der Waals surface area contributed by atoms with E-state index in [9.17, 15) is 5.11 Å². The second-order valence-corrected chi connectivity index (χ2v) is 8.12. The Bertz CT molecular complexity index is 907. The molecular formula is C27H31NO4. The molecule has 1 heterocycles. The second kappa shape index (κ2) is 11.9. The van der Waals surface area contributed by atoms with Crippen LogP contribution in [0.3, 0.4) is 0 Å². The van der Waals surface area contributed by atoms with Crippen LogP contribution < -0.4 is 5.32 Å². The lowest BCUT2D eigenvalue weighted by atomic mass is 9.96. The fourth-order valence-electron chi connectivity index (χ4n) is 3.97. The van der Waals surface area contributed by atoms with Gasteiger partial charge in [0.2, 0.25) is 0 Å². The first-order chi connectivity index (χ1) is 15.8. The molecule has 4 rings (SSSR count). The Kier molecular flexibility index (Phi) is 8.42. The van der Waals surface area contributed by atoms with Gasteiger partial charge in [0.05, 0.1) is 38.6 Å². The van der Waals surface area contributed by atoms with E-state index in [0.717, 1.165) is 16.7 Å². The molecule has 1 aliphatic rings. The molecule has 0 saturated carbocycles. The molecule has 32 heavy (non-hydrogen) atoms. The van der Waals surface area contributed by atoms with Gasteiger partial charge in [0.15, 0.2) is 0 Å². The molecule has 0 aromatic heterocycles. The number of piperidine rings is 1. The first kappa shape index (κ1) is 22.6. The van der Waals surface area contributed by atoms with Gasteiger partial charge < -0.3 is 19.3 Å². The Hall–Kier alpha value is -2.54. The standard InChI is InChI=1S/C27H31NO4/c29-26-16-25(31-18-22-12-6-2-7-13-22)27(32-19-23-14-8-3-9-15-23)24(28-26)20-30-17-21-10-4-1-5-11-21/h1-15,24-29H,16-20H2/t24-,25?,26?,27-/m1/s1. The molecule has 3 aromatic carbocycles. The minimum absolute atomic E-state index is 0.188. The number of aliphatic hydroxyl groups excluding tert-OH is 1. The van der Waals surface area contributed by atoms with Crippen molar-refractivity contribution in [3.05, 3.63) is 108 Å². The second-order valence-electron chi connectivity index (χ2n) is 8.12. The Morgan fingerprint density at radius 2 is 1.19 bits per heavy atom. The lowest BCUT2D eigenvalue weighted by molar-refractivity contribution is -0.153. The average molecular weight is 434 g/mol. The third kappa shape index (κ3) is 6.73. The summed E-state index contributed by atoms with van der Waals surface area (Å²) in [5, 5.41) is 13.7. The molecule has 0 radical (unpaired) electrons. The van der Waals surface area contributed by atoms with Crippen LogP contribution in [0.5, 0.6) is 0 Å². The zero-order valence-electron chi connectivity index (χ0n) is 18.2. The number of aliphatic hydroxyl groups is 1. The summed E-state index contributed by atoms with van der Waals surface area (Å²) in [4.78, 5) is 0. The number of ether oxygens (including phenoxy) is 3. The molecular weight excluding hydrogens is 402 g/mol. The van der Waals surface area contributed by atoms with Crippen molar-refractivity contribution in [2.75, 3.05) is 6.61 Å². The SMILES string of the molecule is OC1CC(OCc2ccccc2)[C@H](OCc2ccccc2)[C@@H](COCc2ccccc2)N1. The van der Waals surface area contributed by atoms with Gasteiger partial charge in [-0.3, -0.25) is 5.32 Å². The third-order valence-corrected chi connectivity index (χ3v) is 5.63. The van der Waals surface area contributed by atoms with Gasteiger partial charge in [-0.25, -0.2) is 0 Å². The van der Waals surface area contributed by atoms with Crippen molar-refractivity contribution in [1.82, 2.24) is 5.32 Å². The largest absolute Gasteiger partial charge is 0.379 e. The molecule has 1 saturated heterocycles. The Morgan fingerprint density at radius 3 is 1.75 bits per heavy atom. The van der Waals surface area contributed by atoms with E-state index in [1.54, 1.807) is 0 Å². The lowest BCUT2D eigenvalue weighted by Crippen LogP contribution is -2.60. The lowest BCUT2D eigenvalue weighted by Gasteiger charge is -2.40. The van der Waals surface area contributed by atoms with Gasteiger partial charge in [0.1, 0.15) is 12.3 Å². The summed E-state index contributed by atoms with van der Waals surface area (Å²) < 4.78 is 18.6. The number of hydrogen-bond acceptors (Lipinski definition) is 5. The minimum Gasteiger partial charge on any atom is -0.379 e. The molecule has 1 aliphatic heterocycles. The highest BCUT2D eigenvalue weighted by Gasteiger charge is 2.38. The summed E-state index contributed by atoms with van der Waals surface area (Å²) in [6.45, 7) is 1.87.